The molecule has 1 saturated heterocycles. The van der Waals surface area contributed by atoms with Crippen molar-refractivity contribution in [3.05, 3.63) is 0 Å². The number of fused-ring (bicyclic) bond motifs is 1. The van der Waals surface area contributed by atoms with Crippen LogP contribution in [0.5, 0.6) is 0 Å². The molecule has 2 aliphatic rings. The van der Waals surface area contributed by atoms with Gasteiger partial charge in [0.05, 0.1) is 5.41 Å². The zero-order chi connectivity index (χ0) is 13.0. The fourth-order valence-corrected chi connectivity index (χ4v) is 2.67. The van der Waals surface area contributed by atoms with E-state index in [1.165, 1.54) is 0 Å². The van der Waals surface area contributed by atoms with E-state index >= 15 is 0 Å². The van der Waals surface area contributed by atoms with Crippen LogP contribution in [0.25, 0.3) is 0 Å². The molecule has 0 spiro atoms. The van der Waals surface area contributed by atoms with Crippen LogP contribution >= 0.6 is 0 Å². The number of carboxylic acid groups (broad SMARTS) is 1. The van der Waals surface area contributed by atoms with E-state index in [1.807, 2.05) is 20.8 Å². The maximum Gasteiger partial charge on any atom is 0.410 e. The monoisotopic (exact) mass is 241 g/mol. The molecule has 1 amide bonds. The number of piperidine rings is 1. The van der Waals surface area contributed by atoms with E-state index in [2.05, 4.69) is 0 Å². The summed E-state index contributed by atoms with van der Waals surface area (Å²) in [5.74, 6) is -0.573. The number of nitrogens with zero attached hydrogens (tertiary/aromatic N) is 1. The highest BCUT2D eigenvalue weighted by atomic mass is 16.6. The standard InChI is InChI=1S/C12H19NO4/c1-11(2,3)17-10(16)13-5-7-8(6-13)12(7,4)9(14)15/h7-8H,5-6H2,1-4H3,(H,14,15)/t7-,8+,12?. The van der Waals surface area contributed by atoms with Gasteiger partial charge in [-0.3, -0.25) is 4.79 Å². The summed E-state index contributed by atoms with van der Waals surface area (Å²) < 4.78 is 5.26. The average Bonchev–Trinajstić information content (AvgIpc) is 2.60. The Morgan fingerprint density at radius 3 is 2.12 bits per heavy atom. The van der Waals surface area contributed by atoms with E-state index in [4.69, 9.17) is 9.84 Å². The second kappa shape index (κ2) is 3.37. The number of carboxylic acids is 1. The van der Waals surface area contributed by atoms with Crippen molar-refractivity contribution in [2.24, 2.45) is 17.3 Å². The molecule has 3 atom stereocenters. The summed E-state index contributed by atoms with van der Waals surface area (Å²) in [5, 5.41) is 9.09. The van der Waals surface area contributed by atoms with Gasteiger partial charge in [-0.25, -0.2) is 4.79 Å². The Balaban J connectivity index is 1.92. The lowest BCUT2D eigenvalue weighted by molar-refractivity contribution is -0.144. The van der Waals surface area contributed by atoms with Gasteiger partial charge in [0.15, 0.2) is 0 Å². The van der Waals surface area contributed by atoms with Gasteiger partial charge in [-0.2, -0.15) is 0 Å². The quantitative estimate of drug-likeness (QED) is 0.756. The minimum atomic E-state index is -0.753. The molecule has 96 valence electrons. The Morgan fingerprint density at radius 2 is 1.76 bits per heavy atom. The van der Waals surface area contributed by atoms with Crippen molar-refractivity contribution in [2.45, 2.75) is 33.3 Å². The van der Waals surface area contributed by atoms with Crippen LogP contribution in [0.4, 0.5) is 4.79 Å². The highest BCUT2D eigenvalue weighted by Crippen LogP contribution is 2.62. The number of hydrogen-bond donors (Lipinski definition) is 1. The van der Waals surface area contributed by atoms with Gasteiger partial charge in [-0.05, 0) is 39.5 Å². The molecule has 2 fully saturated rings. The smallest absolute Gasteiger partial charge is 0.410 e. The summed E-state index contributed by atoms with van der Waals surface area (Å²) in [6, 6.07) is 0. The van der Waals surface area contributed by atoms with Crippen LogP contribution in [0.2, 0.25) is 0 Å². The van der Waals surface area contributed by atoms with Gasteiger partial charge in [0.1, 0.15) is 5.60 Å². The van der Waals surface area contributed by atoms with E-state index < -0.39 is 17.0 Å². The Bertz CT molecular complexity index is 359. The van der Waals surface area contributed by atoms with Crippen molar-refractivity contribution in [2.75, 3.05) is 13.1 Å². The van der Waals surface area contributed by atoms with Gasteiger partial charge in [0.2, 0.25) is 0 Å². The predicted molar refractivity (Wildman–Crippen MR) is 60.5 cm³/mol. The minimum absolute atomic E-state index is 0.0903. The third-order valence-electron chi connectivity index (χ3n) is 3.86. The third-order valence-corrected chi connectivity index (χ3v) is 3.86. The number of likely N-dealkylation sites (tertiary alicyclic amines) is 1. The number of carbonyl (C=O) groups excluding carboxylic acids is 1. The topological polar surface area (TPSA) is 66.8 Å². The molecule has 1 N–H and O–H groups in total. The number of amides is 1. The van der Waals surface area contributed by atoms with Crippen LogP contribution in [0.15, 0.2) is 0 Å². The normalized spacial score (nSPS) is 35.4. The lowest BCUT2D eigenvalue weighted by Gasteiger charge is -2.26. The molecule has 5 heteroatoms. The molecule has 0 bridgehead atoms. The van der Waals surface area contributed by atoms with Gasteiger partial charge in [-0.15, -0.1) is 0 Å². The summed E-state index contributed by atoms with van der Waals surface area (Å²) in [5.41, 5.74) is -1.13. The fourth-order valence-electron chi connectivity index (χ4n) is 2.67. The molecule has 0 aromatic rings. The van der Waals surface area contributed by atoms with Crippen LogP contribution in [0, 0.1) is 17.3 Å². The average molecular weight is 241 g/mol. The SMILES string of the molecule is CC(C)(C)OC(=O)N1C[C@@H]2[C@H](C1)C2(C)C(=O)O. The summed E-state index contributed by atoms with van der Waals surface area (Å²) in [7, 11) is 0. The fraction of sp³-hybridized carbons (Fsp3) is 0.833. The Labute approximate surface area is 101 Å². The molecular weight excluding hydrogens is 222 g/mol. The Morgan fingerprint density at radius 1 is 1.29 bits per heavy atom. The zero-order valence-electron chi connectivity index (χ0n) is 10.7. The summed E-state index contributed by atoms with van der Waals surface area (Å²) in [6.45, 7) is 8.23. The number of carbonyl (C=O) groups is 2. The van der Waals surface area contributed by atoms with Crippen LogP contribution in [-0.4, -0.2) is 40.8 Å². The van der Waals surface area contributed by atoms with Gasteiger partial charge in [0, 0.05) is 13.1 Å². The van der Waals surface area contributed by atoms with E-state index in [-0.39, 0.29) is 17.9 Å². The van der Waals surface area contributed by atoms with Crippen LogP contribution < -0.4 is 0 Å². The first kappa shape index (κ1) is 12.2. The number of ether oxygens (including phenoxy) is 1. The van der Waals surface area contributed by atoms with E-state index in [0.717, 1.165) is 0 Å². The van der Waals surface area contributed by atoms with Gasteiger partial charge < -0.3 is 14.7 Å². The van der Waals surface area contributed by atoms with Crippen molar-refractivity contribution in [3.8, 4) is 0 Å². The van der Waals surface area contributed by atoms with Gasteiger partial charge in [0.25, 0.3) is 0 Å². The molecule has 0 radical (unpaired) electrons. The minimum Gasteiger partial charge on any atom is -0.481 e. The molecule has 1 heterocycles. The first-order valence-electron chi connectivity index (χ1n) is 5.87. The molecule has 0 aromatic heterocycles. The molecule has 2 rings (SSSR count). The van der Waals surface area contributed by atoms with Crippen molar-refractivity contribution >= 4 is 12.1 Å². The molecule has 5 nitrogen and oxygen atoms in total. The predicted octanol–water partition coefficient (Wildman–Crippen LogP) is 1.57. The number of hydrogen-bond acceptors (Lipinski definition) is 3. The van der Waals surface area contributed by atoms with Crippen LogP contribution in [0.1, 0.15) is 27.7 Å². The zero-order valence-corrected chi connectivity index (χ0v) is 10.7. The molecule has 1 unspecified atom stereocenters. The molecular formula is C12H19NO4. The number of aliphatic carboxylic acids is 1. The molecule has 1 aliphatic carbocycles. The van der Waals surface area contributed by atoms with Crippen molar-refractivity contribution in [1.29, 1.82) is 0 Å². The molecule has 1 saturated carbocycles. The van der Waals surface area contributed by atoms with E-state index in [9.17, 15) is 9.59 Å². The Kier molecular flexibility index (Phi) is 2.42. The second-order valence-corrected chi connectivity index (χ2v) is 6.19. The molecule has 1 aliphatic heterocycles. The summed E-state index contributed by atoms with van der Waals surface area (Å²) in [6.07, 6.45) is -0.336. The number of rotatable bonds is 1. The molecule has 17 heavy (non-hydrogen) atoms. The largest absolute Gasteiger partial charge is 0.481 e. The maximum atomic E-state index is 11.8. The summed E-state index contributed by atoms with van der Waals surface area (Å²) >= 11 is 0. The lowest BCUT2D eigenvalue weighted by Crippen LogP contribution is -2.39. The van der Waals surface area contributed by atoms with Crippen molar-refractivity contribution < 1.29 is 19.4 Å². The second-order valence-electron chi connectivity index (χ2n) is 6.19. The highest BCUT2D eigenvalue weighted by molar-refractivity contribution is 5.80. The third kappa shape index (κ3) is 1.87. The highest BCUT2D eigenvalue weighted by Gasteiger charge is 2.70. The first-order chi connectivity index (χ1) is 7.66. The van der Waals surface area contributed by atoms with Crippen LogP contribution in [-0.2, 0) is 9.53 Å². The maximum absolute atomic E-state index is 11.8. The van der Waals surface area contributed by atoms with Crippen molar-refractivity contribution in [1.82, 2.24) is 4.90 Å². The Hall–Kier alpha value is -1.26. The molecule has 0 aromatic carbocycles. The van der Waals surface area contributed by atoms with Gasteiger partial charge >= 0.3 is 12.1 Å². The summed E-state index contributed by atoms with van der Waals surface area (Å²) in [4.78, 5) is 24.4. The van der Waals surface area contributed by atoms with E-state index in [1.54, 1.807) is 11.8 Å². The van der Waals surface area contributed by atoms with E-state index in [0.29, 0.717) is 13.1 Å². The van der Waals surface area contributed by atoms with Crippen LogP contribution in [0.3, 0.4) is 0 Å². The van der Waals surface area contributed by atoms with Gasteiger partial charge in [-0.1, -0.05) is 0 Å². The lowest BCUT2D eigenvalue weighted by atomic mass is 10.0. The van der Waals surface area contributed by atoms with Crippen molar-refractivity contribution in [3.63, 3.8) is 0 Å². The first-order valence-corrected chi connectivity index (χ1v) is 5.87.